The zero-order valence-electron chi connectivity index (χ0n) is 20.8. The SMILES string of the molecule is O=C(CCc1ccc(-c2ncn(-c3ccc(OC(F)(F)F)cc3)n2)cc1)Cc1ccccc1-c1ccccc1. The molecule has 1 aromatic heterocycles. The summed E-state index contributed by atoms with van der Waals surface area (Å²) in [5, 5.41) is 4.43. The number of aryl methyl sites for hydroxylation is 1. The van der Waals surface area contributed by atoms with Crippen LogP contribution >= 0.6 is 0 Å². The molecule has 39 heavy (non-hydrogen) atoms. The second-order valence-corrected chi connectivity index (χ2v) is 8.99. The predicted molar refractivity (Wildman–Crippen MR) is 142 cm³/mol. The van der Waals surface area contributed by atoms with Gasteiger partial charge < -0.3 is 4.74 Å². The highest BCUT2D eigenvalue weighted by Gasteiger charge is 2.31. The van der Waals surface area contributed by atoms with Gasteiger partial charge in [-0.2, -0.15) is 0 Å². The smallest absolute Gasteiger partial charge is 0.406 e. The van der Waals surface area contributed by atoms with Crippen molar-refractivity contribution in [1.29, 1.82) is 0 Å². The third kappa shape index (κ3) is 6.78. The summed E-state index contributed by atoms with van der Waals surface area (Å²) in [7, 11) is 0. The van der Waals surface area contributed by atoms with Crippen LogP contribution in [0.3, 0.4) is 0 Å². The summed E-state index contributed by atoms with van der Waals surface area (Å²) in [6.07, 6.45) is -1.80. The van der Waals surface area contributed by atoms with E-state index in [1.807, 2.05) is 78.9 Å². The molecule has 0 spiro atoms. The van der Waals surface area contributed by atoms with Crippen molar-refractivity contribution in [2.24, 2.45) is 0 Å². The molecule has 0 saturated carbocycles. The van der Waals surface area contributed by atoms with Crippen LogP contribution in [0.2, 0.25) is 0 Å². The monoisotopic (exact) mass is 527 g/mol. The molecule has 5 nitrogen and oxygen atoms in total. The Morgan fingerprint density at radius 1 is 0.795 bits per heavy atom. The van der Waals surface area contributed by atoms with E-state index in [0.29, 0.717) is 30.8 Å². The predicted octanol–water partition coefficient (Wildman–Crippen LogP) is 7.24. The zero-order chi connectivity index (χ0) is 27.2. The van der Waals surface area contributed by atoms with Gasteiger partial charge in [0.2, 0.25) is 0 Å². The number of ether oxygens (including phenoxy) is 1. The summed E-state index contributed by atoms with van der Waals surface area (Å²) < 4.78 is 42.5. The van der Waals surface area contributed by atoms with Gasteiger partial charge in [0.1, 0.15) is 17.9 Å². The molecule has 0 saturated heterocycles. The third-order valence-corrected chi connectivity index (χ3v) is 6.22. The average Bonchev–Trinajstić information content (AvgIpc) is 3.43. The summed E-state index contributed by atoms with van der Waals surface area (Å²) in [5.41, 5.74) is 5.56. The first-order chi connectivity index (χ1) is 18.8. The van der Waals surface area contributed by atoms with Crippen molar-refractivity contribution in [2.75, 3.05) is 0 Å². The van der Waals surface area contributed by atoms with Gasteiger partial charge in [-0.15, -0.1) is 18.3 Å². The number of benzene rings is 4. The van der Waals surface area contributed by atoms with Crippen molar-refractivity contribution >= 4 is 5.78 Å². The minimum absolute atomic E-state index is 0.175. The Morgan fingerprint density at radius 3 is 2.21 bits per heavy atom. The van der Waals surface area contributed by atoms with Crippen LogP contribution < -0.4 is 4.74 Å². The van der Waals surface area contributed by atoms with E-state index in [9.17, 15) is 18.0 Å². The zero-order valence-corrected chi connectivity index (χ0v) is 20.8. The summed E-state index contributed by atoms with van der Waals surface area (Å²) >= 11 is 0. The van der Waals surface area contributed by atoms with E-state index in [2.05, 4.69) is 14.8 Å². The first-order valence-electron chi connectivity index (χ1n) is 12.4. The molecular formula is C31H24F3N3O2. The first kappa shape index (κ1) is 25.9. The van der Waals surface area contributed by atoms with Crippen molar-refractivity contribution in [1.82, 2.24) is 14.8 Å². The Balaban J connectivity index is 1.18. The lowest BCUT2D eigenvalue weighted by Crippen LogP contribution is -2.17. The van der Waals surface area contributed by atoms with Gasteiger partial charge in [0, 0.05) is 18.4 Å². The van der Waals surface area contributed by atoms with Gasteiger partial charge in [0.15, 0.2) is 5.82 Å². The molecule has 0 fully saturated rings. The summed E-state index contributed by atoms with van der Waals surface area (Å²) in [6, 6.07) is 31.1. The standard InChI is InChI=1S/C31H24F3N3O2/c32-31(33,34)39-28-18-15-26(16-19-28)37-21-35-30(36-37)24-13-10-22(11-14-24)12-17-27(38)20-25-8-4-5-9-29(25)23-6-2-1-3-7-23/h1-11,13-16,18-19,21H,12,17,20H2. The number of Topliss-reactive ketones (excluding diaryl/α,β-unsaturated/α-hetero) is 1. The Kier molecular flexibility index (Phi) is 7.54. The number of hydrogen-bond donors (Lipinski definition) is 0. The molecule has 4 aromatic carbocycles. The fourth-order valence-electron chi connectivity index (χ4n) is 4.30. The highest BCUT2D eigenvalue weighted by Crippen LogP contribution is 2.26. The Labute approximate surface area is 223 Å². The maximum absolute atomic E-state index is 12.8. The highest BCUT2D eigenvalue weighted by molar-refractivity contribution is 5.84. The lowest BCUT2D eigenvalue weighted by atomic mass is 9.95. The molecule has 5 aromatic rings. The number of ketones is 1. The maximum Gasteiger partial charge on any atom is 0.573 e. The number of nitrogens with zero attached hydrogens (tertiary/aromatic N) is 3. The van der Waals surface area contributed by atoms with E-state index < -0.39 is 6.36 Å². The van der Waals surface area contributed by atoms with Crippen molar-refractivity contribution in [3.8, 4) is 34.0 Å². The molecule has 0 bridgehead atoms. The number of hydrogen-bond acceptors (Lipinski definition) is 4. The minimum Gasteiger partial charge on any atom is -0.406 e. The van der Waals surface area contributed by atoms with Crippen LogP contribution in [0.4, 0.5) is 13.2 Å². The number of aromatic nitrogens is 3. The number of rotatable bonds is 9. The number of carbonyl (C=O) groups excluding carboxylic acids is 1. The van der Waals surface area contributed by atoms with Gasteiger partial charge in [0.25, 0.3) is 0 Å². The lowest BCUT2D eigenvalue weighted by Gasteiger charge is -2.09. The average molecular weight is 528 g/mol. The van der Waals surface area contributed by atoms with Crippen molar-refractivity contribution in [2.45, 2.75) is 25.6 Å². The molecule has 0 aliphatic rings. The van der Waals surface area contributed by atoms with Crippen LogP contribution in [-0.2, 0) is 17.6 Å². The van der Waals surface area contributed by atoms with Gasteiger partial charge in [0.05, 0.1) is 5.69 Å². The van der Waals surface area contributed by atoms with Gasteiger partial charge in [-0.05, 0) is 52.9 Å². The highest BCUT2D eigenvalue weighted by atomic mass is 19.4. The first-order valence-corrected chi connectivity index (χ1v) is 12.4. The van der Waals surface area contributed by atoms with E-state index in [4.69, 9.17) is 0 Å². The maximum atomic E-state index is 12.8. The van der Waals surface area contributed by atoms with E-state index >= 15 is 0 Å². The van der Waals surface area contributed by atoms with Crippen molar-refractivity contribution in [3.63, 3.8) is 0 Å². The summed E-state index contributed by atoms with van der Waals surface area (Å²) in [5.74, 6) is 0.348. The second kappa shape index (κ2) is 11.3. The van der Waals surface area contributed by atoms with Gasteiger partial charge in [-0.1, -0.05) is 78.9 Å². The largest absolute Gasteiger partial charge is 0.573 e. The molecule has 196 valence electrons. The van der Waals surface area contributed by atoms with Gasteiger partial charge in [-0.25, -0.2) is 9.67 Å². The minimum atomic E-state index is -4.74. The molecule has 0 aliphatic heterocycles. The summed E-state index contributed by atoms with van der Waals surface area (Å²) in [6.45, 7) is 0. The summed E-state index contributed by atoms with van der Waals surface area (Å²) in [4.78, 5) is 17.1. The fraction of sp³-hybridized carbons (Fsp3) is 0.129. The number of carbonyl (C=O) groups is 1. The van der Waals surface area contributed by atoms with Crippen LogP contribution in [0.5, 0.6) is 5.75 Å². The van der Waals surface area contributed by atoms with Crippen molar-refractivity contribution in [3.05, 3.63) is 121 Å². The second-order valence-electron chi connectivity index (χ2n) is 8.99. The normalized spacial score (nSPS) is 11.4. The Morgan fingerprint density at radius 2 is 1.49 bits per heavy atom. The third-order valence-electron chi connectivity index (χ3n) is 6.22. The van der Waals surface area contributed by atoms with Gasteiger partial charge in [-0.3, -0.25) is 4.79 Å². The van der Waals surface area contributed by atoms with E-state index in [1.165, 1.54) is 35.3 Å². The lowest BCUT2D eigenvalue weighted by molar-refractivity contribution is -0.274. The molecular weight excluding hydrogens is 503 g/mol. The molecule has 0 unspecified atom stereocenters. The topological polar surface area (TPSA) is 57.0 Å². The van der Waals surface area contributed by atoms with E-state index in [0.717, 1.165) is 27.8 Å². The number of alkyl halides is 3. The number of halogens is 3. The Hall–Kier alpha value is -4.72. The molecule has 0 aliphatic carbocycles. The molecule has 8 heteroatoms. The molecule has 0 amide bonds. The van der Waals surface area contributed by atoms with E-state index in [1.54, 1.807) is 0 Å². The quantitative estimate of drug-likeness (QED) is 0.203. The molecule has 0 N–H and O–H groups in total. The Bertz CT molecular complexity index is 1550. The van der Waals surface area contributed by atoms with Gasteiger partial charge >= 0.3 is 6.36 Å². The van der Waals surface area contributed by atoms with Crippen LogP contribution in [0.25, 0.3) is 28.2 Å². The van der Waals surface area contributed by atoms with Crippen LogP contribution in [0.15, 0.2) is 109 Å². The molecule has 0 radical (unpaired) electrons. The van der Waals surface area contributed by atoms with Crippen molar-refractivity contribution < 1.29 is 22.7 Å². The van der Waals surface area contributed by atoms with E-state index in [-0.39, 0.29) is 11.5 Å². The van der Waals surface area contributed by atoms with Crippen LogP contribution in [0.1, 0.15) is 17.5 Å². The van der Waals surface area contributed by atoms with Crippen LogP contribution in [0, 0.1) is 0 Å². The molecule has 1 heterocycles. The molecule has 5 rings (SSSR count). The fourth-order valence-corrected chi connectivity index (χ4v) is 4.30. The van der Waals surface area contributed by atoms with Crippen LogP contribution in [-0.4, -0.2) is 26.9 Å². The molecule has 0 atom stereocenters.